The normalized spacial score (nSPS) is 21.9. The predicted octanol–water partition coefficient (Wildman–Crippen LogP) is 2.08. The zero-order chi connectivity index (χ0) is 15.6. The van der Waals surface area contributed by atoms with E-state index in [1.54, 1.807) is 0 Å². The monoisotopic (exact) mass is 312 g/mol. The predicted molar refractivity (Wildman–Crippen MR) is 89.5 cm³/mol. The van der Waals surface area contributed by atoms with Gasteiger partial charge in [-0.15, -0.1) is 0 Å². The van der Waals surface area contributed by atoms with Gasteiger partial charge in [-0.3, -0.25) is 4.79 Å². The number of aromatic nitrogens is 2. The summed E-state index contributed by atoms with van der Waals surface area (Å²) in [4.78, 5) is 19.3. The smallest absolute Gasteiger partial charge is 0.242 e. The van der Waals surface area contributed by atoms with Crippen molar-refractivity contribution >= 4 is 5.91 Å². The summed E-state index contributed by atoms with van der Waals surface area (Å²) in [5.74, 6) is 1.66. The largest absolute Gasteiger partial charge is 0.341 e. The lowest BCUT2D eigenvalue weighted by atomic mass is 9.96. The number of pyridine rings is 1. The molecule has 4 aliphatic rings. The lowest BCUT2D eigenvalue weighted by Crippen LogP contribution is -2.31. The Kier molecular flexibility index (Phi) is 4.04. The Labute approximate surface area is 137 Å². The molecule has 23 heavy (non-hydrogen) atoms. The van der Waals surface area contributed by atoms with Crippen LogP contribution in [0.2, 0.25) is 0 Å². The highest BCUT2D eigenvalue weighted by atomic mass is 16.2. The van der Waals surface area contributed by atoms with Gasteiger partial charge in [0.1, 0.15) is 12.4 Å². The molecular formula is C18H24N4O. The quantitative estimate of drug-likeness (QED) is 0.944. The SMILES string of the molecule is O=C(Cn1cccc2cc([C@@H]3CCCNC3)nc1-2)N1CCCC1. The summed E-state index contributed by atoms with van der Waals surface area (Å²) in [5, 5.41) is 3.45. The highest BCUT2D eigenvalue weighted by Gasteiger charge is 2.23. The zero-order valence-corrected chi connectivity index (χ0v) is 13.5. The van der Waals surface area contributed by atoms with Crippen molar-refractivity contribution in [1.29, 1.82) is 0 Å². The maximum Gasteiger partial charge on any atom is 0.242 e. The van der Waals surface area contributed by atoms with E-state index in [4.69, 9.17) is 4.98 Å². The summed E-state index contributed by atoms with van der Waals surface area (Å²) in [5.41, 5.74) is 2.31. The van der Waals surface area contributed by atoms with Crippen LogP contribution in [0.15, 0.2) is 24.4 Å². The van der Waals surface area contributed by atoms with Gasteiger partial charge in [0.05, 0.1) is 0 Å². The van der Waals surface area contributed by atoms with Crippen LogP contribution >= 0.6 is 0 Å². The molecule has 1 atom stereocenters. The topological polar surface area (TPSA) is 50.2 Å². The second kappa shape index (κ2) is 6.32. The molecule has 4 aliphatic heterocycles. The van der Waals surface area contributed by atoms with Crippen molar-refractivity contribution in [2.75, 3.05) is 26.2 Å². The molecule has 0 aliphatic carbocycles. The molecule has 4 rings (SSSR count). The number of nitrogens with zero attached hydrogens (tertiary/aromatic N) is 3. The number of hydrogen-bond donors (Lipinski definition) is 1. The maximum absolute atomic E-state index is 12.4. The Morgan fingerprint density at radius 2 is 2.17 bits per heavy atom. The molecule has 2 fully saturated rings. The average Bonchev–Trinajstić information content (AvgIpc) is 3.26. The maximum atomic E-state index is 12.4. The third-order valence-corrected chi connectivity index (χ3v) is 5.09. The van der Waals surface area contributed by atoms with E-state index in [0.717, 1.165) is 50.4 Å². The van der Waals surface area contributed by atoms with Crippen LogP contribution in [0.1, 0.15) is 37.3 Å². The molecule has 0 bridgehead atoms. The van der Waals surface area contributed by atoms with Gasteiger partial charge in [0, 0.05) is 43.0 Å². The number of fused-ring (bicyclic) bond motifs is 1. The van der Waals surface area contributed by atoms with Gasteiger partial charge < -0.3 is 14.8 Å². The van der Waals surface area contributed by atoms with Crippen molar-refractivity contribution < 1.29 is 4.79 Å². The minimum atomic E-state index is 0.212. The van der Waals surface area contributed by atoms with E-state index < -0.39 is 0 Å². The molecule has 0 aromatic carbocycles. The van der Waals surface area contributed by atoms with Crippen molar-refractivity contribution in [1.82, 2.24) is 19.8 Å². The molecule has 0 spiro atoms. The van der Waals surface area contributed by atoms with Crippen LogP contribution in [-0.2, 0) is 11.3 Å². The third-order valence-electron chi connectivity index (χ3n) is 5.09. The molecular weight excluding hydrogens is 288 g/mol. The lowest BCUT2D eigenvalue weighted by Gasteiger charge is -2.21. The summed E-state index contributed by atoms with van der Waals surface area (Å²) in [6.07, 6.45) is 6.65. The first-order valence-corrected chi connectivity index (χ1v) is 8.75. The Hall–Kier alpha value is -1.88. The fourth-order valence-corrected chi connectivity index (χ4v) is 3.77. The molecule has 5 nitrogen and oxygen atoms in total. The molecule has 0 unspecified atom stereocenters. The van der Waals surface area contributed by atoms with Crippen LogP contribution in [0.25, 0.3) is 11.4 Å². The van der Waals surface area contributed by atoms with Crippen molar-refractivity contribution in [2.24, 2.45) is 0 Å². The van der Waals surface area contributed by atoms with Crippen molar-refractivity contribution in [3.05, 3.63) is 30.1 Å². The minimum Gasteiger partial charge on any atom is -0.341 e. The average molecular weight is 312 g/mol. The standard InChI is InChI=1S/C18H24N4O/c23-17(21-8-1-2-9-21)13-22-10-4-6-14-11-16(20-18(14)22)15-5-3-7-19-12-15/h4,6,10-11,15,19H,1-3,5,7-9,12-13H2/t15-/m1/s1. The van der Waals surface area contributed by atoms with E-state index in [-0.39, 0.29) is 5.91 Å². The number of carbonyl (C=O) groups excluding carboxylic acids is 1. The first-order valence-electron chi connectivity index (χ1n) is 8.75. The molecule has 122 valence electrons. The number of hydrogen-bond acceptors (Lipinski definition) is 3. The molecule has 0 radical (unpaired) electrons. The van der Waals surface area contributed by atoms with Gasteiger partial charge in [0.2, 0.25) is 5.91 Å². The highest BCUT2D eigenvalue weighted by molar-refractivity contribution is 5.77. The van der Waals surface area contributed by atoms with Crippen LogP contribution in [0.5, 0.6) is 0 Å². The van der Waals surface area contributed by atoms with E-state index in [0.29, 0.717) is 12.5 Å². The highest BCUT2D eigenvalue weighted by Crippen LogP contribution is 2.29. The minimum absolute atomic E-state index is 0.212. The van der Waals surface area contributed by atoms with Gasteiger partial charge in [0.15, 0.2) is 0 Å². The van der Waals surface area contributed by atoms with Crippen molar-refractivity contribution in [2.45, 2.75) is 38.1 Å². The fraction of sp³-hybridized carbons (Fsp3) is 0.556. The van der Waals surface area contributed by atoms with Gasteiger partial charge >= 0.3 is 0 Å². The van der Waals surface area contributed by atoms with Crippen LogP contribution in [-0.4, -0.2) is 46.5 Å². The first-order chi connectivity index (χ1) is 11.3. The summed E-state index contributed by atoms with van der Waals surface area (Å²) >= 11 is 0. The second-order valence-electron chi connectivity index (χ2n) is 6.73. The Morgan fingerprint density at radius 1 is 1.30 bits per heavy atom. The Bertz CT molecular complexity index is 653. The van der Waals surface area contributed by atoms with Gasteiger partial charge in [-0.1, -0.05) is 0 Å². The van der Waals surface area contributed by atoms with Gasteiger partial charge in [-0.05, 0) is 50.4 Å². The number of rotatable bonds is 3. The van der Waals surface area contributed by atoms with Crippen LogP contribution in [0.3, 0.4) is 0 Å². The number of nitrogens with one attached hydrogen (secondary N) is 1. The second-order valence-corrected chi connectivity index (χ2v) is 6.73. The third kappa shape index (κ3) is 2.98. The van der Waals surface area contributed by atoms with Gasteiger partial charge in [-0.25, -0.2) is 4.98 Å². The zero-order valence-electron chi connectivity index (χ0n) is 13.5. The summed E-state index contributed by atoms with van der Waals surface area (Å²) in [6.45, 7) is 4.33. The number of carbonyl (C=O) groups is 1. The summed E-state index contributed by atoms with van der Waals surface area (Å²) in [7, 11) is 0. The molecule has 0 aromatic heterocycles. The van der Waals surface area contributed by atoms with Crippen LogP contribution < -0.4 is 5.32 Å². The van der Waals surface area contributed by atoms with Crippen molar-refractivity contribution in [3.63, 3.8) is 0 Å². The molecule has 1 amide bonds. The van der Waals surface area contributed by atoms with Crippen LogP contribution in [0, 0.1) is 0 Å². The van der Waals surface area contributed by atoms with Gasteiger partial charge in [0.25, 0.3) is 0 Å². The van der Waals surface area contributed by atoms with E-state index in [9.17, 15) is 4.79 Å². The summed E-state index contributed by atoms with van der Waals surface area (Å²) < 4.78 is 2.01. The molecule has 5 heteroatoms. The van der Waals surface area contributed by atoms with E-state index in [1.807, 2.05) is 21.7 Å². The van der Waals surface area contributed by atoms with Gasteiger partial charge in [-0.2, -0.15) is 0 Å². The van der Waals surface area contributed by atoms with Crippen LogP contribution in [0.4, 0.5) is 0 Å². The molecule has 1 N–H and O–H groups in total. The molecule has 0 saturated carbocycles. The molecule has 4 heterocycles. The Balaban J connectivity index is 1.57. The van der Waals surface area contributed by atoms with E-state index >= 15 is 0 Å². The number of piperidine rings is 1. The van der Waals surface area contributed by atoms with E-state index in [2.05, 4.69) is 17.4 Å². The number of likely N-dealkylation sites (tertiary alicyclic amines) is 1. The Morgan fingerprint density at radius 3 is 2.96 bits per heavy atom. The first kappa shape index (κ1) is 14.7. The summed E-state index contributed by atoms with van der Waals surface area (Å²) in [6, 6.07) is 6.31. The number of amides is 1. The van der Waals surface area contributed by atoms with E-state index in [1.165, 1.54) is 18.5 Å². The lowest BCUT2D eigenvalue weighted by molar-refractivity contribution is -0.130. The molecule has 2 saturated heterocycles. The van der Waals surface area contributed by atoms with Crippen molar-refractivity contribution in [3.8, 4) is 11.4 Å². The molecule has 0 aromatic rings. The fourth-order valence-electron chi connectivity index (χ4n) is 3.77.